The van der Waals surface area contributed by atoms with Gasteiger partial charge in [0.2, 0.25) is 11.8 Å². The number of para-hydroxylation sites is 1. The molecular weight excluding hydrogens is 280 g/mol. The van der Waals surface area contributed by atoms with Crippen molar-refractivity contribution in [3.63, 3.8) is 0 Å². The van der Waals surface area contributed by atoms with E-state index in [0.29, 0.717) is 6.42 Å². The minimum atomic E-state index is -0.441. The van der Waals surface area contributed by atoms with Gasteiger partial charge in [0.15, 0.2) is 0 Å². The topological polar surface area (TPSA) is 71.3 Å². The van der Waals surface area contributed by atoms with Gasteiger partial charge in [0.05, 0.1) is 12.2 Å². The lowest BCUT2D eigenvalue weighted by Crippen LogP contribution is -2.40. The number of carbonyl (C=O) groups is 2. The van der Waals surface area contributed by atoms with Crippen molar-refractivity contribution in [3.05, 3.63) is 54.0 Å². The number of hydrogen-bond donors (Lipinski definition) is 2. The Balaban J connectivity index is 1.71. The van der Waals surface area contributed by atoms with E-state index in [1.54, 1.807) is 6.26 Å². The molecule has 2 atom stereocenters. The molecular formula is C17H18N2O3. The van der Waals surface area contributed by atoms with Crippen molar-refractivity contribution in [1.82, 2.24) is 5.32 Å². The number of fused-ring (bicyclic) bond motifs is 1. The number of hydrogen-bond acceptors (Lipinski definition) is 3. The van der Waals surface area contributed by atoms with Crippen molar-refractivity contribution in [2.75, 3.05) is 5.32 Å². The van der Waals surface area contributed by atoms with Crippen LogP contribution in [0.1, 0.15) is 30.6 Å². The minimum absolute atomic E-state index is 0.0594. The lowest BCUT2D eigenvalue weighted by molar-refractivity contribution is -0.126. The normalized spacial score (nSPS) is 18.2. The van der Waals surface area contributed by atoms with E-state index in [-0.39, 0.29) is 24.3 Å². The molecule has 0 radical (unpaired) electrons. The molecule has 5 heteroatoms. The zero-order valence-electron chi connectivity index (χ0n) is 12.3. The molecule has 0 unspecified atom stereocenters. The molecule has 114 valence electrons. The maximum absolute atomic E-state index is 12.5. The Labute approximate surface area is 128 Å². The Kier molecular flexibility index (Phi) is 3.96. The fraction of sp³-hybridized carbons (Fsp3) is 0.294. The van der Waals surface area contributed by atoms with Crippen molar-refractivity contribution in [3.8, 4) is 0 Å². The van der Waals surface area contributed by atoms with Gasteiger partial charge in [-0.2, -0.15) is 0 Å². The molecule has 1 aliphatic rings. The van der Waals surface area contributed by atoms with Crippen molar-refractivity contribution >= 4 is 17.5 Å². The van der Waals surface area contributed by atoms with Gasteiger partial charge in [0.1, 0.15) is 5.76 Å². The van der Waals surface area contributed by atoms with Crippen LogP contribution in [0.5, 0.6) is 0 Å². The fourth-order valence-corrected chi connectivity index (χ4v) is 2.77. The number of anilines is 1. The van der Waals surface area contributed by atoms with Gasteiger partial charge >= 0.3 is 0 Å². The Morgan fingerprint density at radius 1 is 1.36 bits per heavy atom. The summed E-state index contributed by atoms with van der Waals surface area (Å²) in [7, 11) is 0. The summed E-state index contributed by atoms with van der Waals surface area (Å²) in [6.45, 7) is 1.93. The van der Waals surface area contributed by atoms with Gasteiger partial charge in [0, 0.05) is 24.6 Å². The molecule has 1 aromatic carbocycles. The van der Waals surface area contributed by atoms with E-state index in [0.717, 1.165) is 17.0 Å². The second-order valence-electron chi connectivity index (χ2n) is 5.59. The number of amides is 2. The smallest absolute Gasteiger partial charge is 0.228 e. The first-order valence-corrected chi connectivity index (χ1v) is 7.35. The van der Waals surface area contributed by atoms with Gasteiger partial charge in [-0.3, -0.25) is 9.59 Å². The van der Waals surface area contributed by atoms with Gasteiger partial charge in [-0.15, -0.1) is 0 Å². The van der Waals surface area contributed by atoms with Crippen LogP contribution >= 0.6 is 0 Å². The summed E-state index contributed by atoms with van der Waals surface area (Å²) >= 11 is 0. The number of benzene rings is 1. The van der Waals surface area contributed by atoms with Crippen LogP contribution in [0.15, 0.2) is 47.1 Å². The highest BCUT2D eigenvalue weighted by molar-refractivity contribution is 6.01. The van der Waals surface area contributed by atoms with Gasteiger partial charge < -0.3 is 15.1 Å². The zero-order chi connectivity index (χ0) is 15.5. The molecule has 2 heterocycles. The van der Waals surface area contributed by atoms with Crippen LogP contribution in [-0.4, -0.2) is 17.9 Å². The van der Waals surface area contributed by atoms with E-state index < -0.39 is 5.92 Å². The fourth-order valence-electron chi connectivity index (χ4n) is 2.77. The third-order valence-corrected chi connectivity index (χ3v) is 3.79. The minimum Gasteiger partial charge on any atom is -0.469 e. The average Bonchev–Trinajstić information content (AvgIpc) is 2.98. The first-order valence-electron chi connectivity index (χ1n) is 7.35. The Morgan fingerprint density at radius 3 is 2.95 bits per heavy atom. The zero-order valence-corrected chi connectivity index (χ0v) is 12.3. The van der Waals surface area contributed by atoms with Crippen molar-refractivity contribution < 1.29 is 14.0 Å². The second kappa shape index (κ2) is 6.05. The van der Waals surface area contributed by atoms with Crippen LogP contribution in [0.25, 0.3) is 0 Å². The van der Waals surface area contributed by atoms with Crippen LogP contribution in [0.4, 0.5) is 5.69 Å². The van der Waals surface area contributed by atoms with Crippen LogP contribution in [-0.2, 0) is 16.0 Å². The van der Waals surface area contributed by atoms with Crippen molar-refractivity contribution in [2.24, 2.45) is 0 Å². The van der Waals surface area contributed by atoms with Gasteiger partial charge in [-0.1, -0.05) is 18.2 Å². The van der Waals surface area contributed by atoms with Crippen LogP contribution < -0.4 is 10.6 Å². The number of carbonyl (C=O) groups excluding carboxylic acids is 2. The predicted octanol–water partition coefficient (Wildman–Crippen LogP) is 2.45. The lowest BCUT2D eigenvalue weighted by atomic mass is 9.89. The largest absolute Gasteiger partial charge is 0.469 e. The Hall–Kier alpha value is -2.56. The maximum atomic E-state index is 12.5. The molecule has 1 aliphatic heterocycles. The molecule has 2 N–H and O–H groups in total. The summed E-state index contributed by atoms with van der Waals surface area (Å²) in [4.78, 5) is 24.3. The van der Waals surface area contributed by atoms with Crippen molar-refractivity contribution in [1.29, 1.82) is 0 Å². The molecule has 0 aliphatic carbocycles. The lowest BCUT2D eigenvalue weighted by Gasteiger charge is -2.26. The highest BCUT2D eigenvalue weighted by Crippen LogP contribution is 2.32. The van der Waals surface area contributed by atoms with E-state index >= 15 is 0 Å². The van der Waals surface area contributed by atoms with Crippen LogP contribution in [0.2, 0.25) is 0 Å². The number of furan rings is 1. The first-order chi connectivity index (χ1) is 10.6. The molecule has 3 rings (SSSR count). The third kappa shape index (κ3) is 3.03. The summed E-state index contributed by atoms with van der Waals surface area (Å²) in [6.07, 6.45) is 2.42. The first kappa shape index (κ1) is 14.4. The number of rotatable bonds is 4. The third-order valence-electron chi connectivity index (χ3n) is 3.79. The number of nitrogens with one attached hydrogen (secondary N) is 2. The van der Waals surface area contributed by atoms with Gasteiger partial charge in [0.25, 0.3) is 0 Å². The van der Waals surface area contributed by atoms with E-state index in [2.05, 4.69) is 10.6 Å². The molecule has 22 heavy (non-hydrogen) atoms. The summed E-state index contributed by atoms with van der Waals surface area (Å²) in [6, 6.07) is 11.1. The Morgan fingerprint density at radius 2 is 2.18 bits per heavy atom. The molecule has 2 amide bonds. The van der Waals surface area contributed by atoms with Crippen molar-refractivity contribution in [2.45, 2.75) is 31.7 Å². The molecule has 0 saturated carbocycles. The van der Waals surface area contributed by atoms with Gasteiger partial charge in [-0.25, -0.2) is 0 Å². The van der Waals surface area contributed by atoms with Crippen LogP contribution in [0.3, 0.4) is 0 Å². The van der Waals surface area contributed by atoms with Gasteiger partial charge in [-0.05, 0) is 30.7 Å². The molecule has 0 bridgehead atoms. The summed E-state index contributed by atoms with van der Waals surface area (Å²) < 4.78 is 5.29. The molecule has 5 nitrogen and oxygen atoms in total. The van der Waals surface area contributed by atoms with E-state index in [1.807, 2.05) is 43.3 Å². The van der Waals surface area contributed by atoms with E-state index in [4.69, 9.17) is 4.42 Å². The summed E-state index contributed by atoms with van der Waals surface area (Å²) in [5, 5.41) is 5.77. The summed E-state index contributed by atoms with van der Waals surface area (Å²) in [5.41, 5.74) is 1.59. The highest BCUT2D eigenvalue weighted by atomic mass is 16.3. The average molecular weight is 298 g/mol. The maximum Gasteiger partial charge on any atom is 0.228 e. The quantitative estimate of drug-likeness (QED) is 0.910. The molecule has 2 aromatic rings. The molecule has 0 fully saturated rings. The molecule has 1 aromatic heterocycles. The SMILES string of the molecule is C[C@H](Cc1ccco1)NC(=O)[C@H]1CC(=O)Nc2ccccc21. The standard InChI is InChI=1S/C17H18N2O3/c1-11(9-12-5-4-8-22-12)18-17(21)14-10-16(20)19-15-7-3-2-6-13(14)15/h2-8,11,14H,9-10H2,1H3,(H,18,21)(H,19,20)/t11-,14+/m1/s1. The molecule has 0 spiro atoms. The Bertz CT molecular complexity index is 679. The highest BCUT2D eigenvalue weighted by Gasteiger charge is 2.30. The van der Waals surface area contributed by atoms with E-state index in [1.165, 1.54) is 0 Å². The monoisotopic (exact) mass is 298 g/mol. The van der Waals surface area contributed by atoms with Crippen LogP contribution in [0, 0.1) is 0 Å². The molecule has 0 saturated heterocycles. The van der Waals surface area contributed by atoms with E-state index in [9.17, 15) is 9.59 Å². The second-order valence-corrected chi connectivity index (χ2v) is 5.59. The predicted molar refractivity (Wildman–Crippen MR) is 82.4 cm³/mol. The summed E-state index contributed by atoms with van der Waals surface area (Å²) in [5.74, 6) is 0.137.